The molecule has 0 aliphatic carbocycles. The van der Waals surface area contributed by atoms with E-state index in [1.165, 1.54) is 6.21 Å². The highest BCUT2D eigenvalue weighted by atomic mass is 35.5. The Morgan fingerprint density at radius 3 is 2.31 bits per heavy atom. The van der Waals surface area contributed by atoms with Crippen molar-refractivity contribution < 1.29 is 14.3 Å². The van der Waals surface area contributed by atoms with Crippen LogP contribution in [0.1, 0.15) is 22.3 Å². The molecule has 2 N–H and O–H groups in total. The molecule has 0 heterocycles. The Labute approximate surface area is 196 Å². The Bertz CT molecular complexity index is 1110. The lowest BCUT2D eigenvalue weighted by atomic mass is 10.1. The van der Waals surface area contributed by atoms with Gasteiger partial charge in [0, 0.05) is 11.6 Å². The van der Waals surface area contributed by atoms with Gasteiger partial charge in [0.15, 0.2) is 0 Å². The minimum atomic E-state index is -0.859. The summed E-state index contributed by atoms with van der Waals surface area (Å²) in [6, 6.07) is 20.1. The van der Waals surface area contributed by atoms with E-state index in [9.17, 15) is 9.59 Å². The zero-order valence-electron chi connectivity index (χ0n) is 17.3. The van der Waals surface area contributed by atoms with E-state index in [4.69, 9.17) is 27.9 Å². The van der Waals surface area contributed by atoms with Crippen LogP contribution in [0.5, 0.6) is 5.75 Å². The molecule has 2 amide bonds. The van der Waals surface area contributed by atoms with Crippen LogP contribution in [0.25, 0.3) is 0 Å². The normalized spacial score (nSPS) is 10.7. The van der Waals surface area contributed by atoms with Gasteiger partial charge >= 0.3 is 11.8 Å². The number of nitrogens with one attached hydrogen (secondary N) is 2. The second-order valence-corrected chi connectivity index (χ2v) is 7.82. The van der Waals surface area contributed by atoms with Gasteiger partial charge in [0.05, 0.1) is 11.2 Å². The number of amides is 2. The fourth-order valence-corrected chi connectivity index (χ4v) is 3.01. The lowest BCUT2D eigenvalue weighted by molar-refractivity contribution is -0.139. The van der Waals surface area contributed by atoms with Gasteiger partial charge in [-0.15, -0.1) is 0 Å². The summed E-state index contributed by atoms with van der Waals surface area (Å²) in [6.07, 6.45) is 1.39. The number of hydrogen-bond acceptors (Lipinski definition) is 4. The van der Waals surface area contributed by atoms with Gasteiger partial charge in [0.1, 0.15) is 12.4 Å². The molecule has 0 aromatic heterocycles. The molecule has 3 aromatic rings. The number of benzene rings is 3. The summed E-state index contributed by atoms with van der Waals surface area (Å²) >= 11 is 12.1. The van der Waals surface area contributed by atoms with Crippen molar-refractivity contribution in [1.82, 2.24) is 10.7 Å². The first-order valence-corrected chi connectivity index (χ1v) is 10.5. The second-order valence-electron chi connectivity index (χ2n) is 6.97. The maximum atomic E-state index is 11.9. The van der Waals surface area contributed by atoms with Crippen LogP contribution in [0.4, 0.5) is 0 Å². The molecule has 3 rings (SSSR count). The number of ether oxygens (including phenoxy) is 1. The highest BCUT2D eigenvalue weighted by molar-refractivity contribution is 6.35. The number of nitrogens with zero attached hydrogens (tertiary/aromatic N) is 1. The molecular weight excluding hydrogens is 449 g/mol. The topological polar surface area (TPSA) is 79.8 Å². The van der Waals surface area contributed by atoms with E-state index in [1.807, 2.05) is 43.3 Å². The summed E-state index contributed by atoms with van der Waals surface area (Å²) in [7, 11) is 0. The monoisotopic (exact) mass is 469 g/mol. The lowest BCUT2D eigenvalue weighted by Gasteiger charge is -2.09. The largest absolute Gasteiger partial charge is 0.487 e. The maximum Gasteiger partial charge on any atom is 0.329 e. The summed E-state index contributed by atoms with van der Waals surface area (Å²) in [6.45, 7) is 2.57. The number of carbonyl (C=O) groups excluding carboxylic acids is 2. The molecule has 0 aliphatic rings. The summed E-state index contributed by atoms with van der Waals surface area (Å²) in [5, 5.41) is 7.40. The van der Waals surface area contributed by atoms with E-state index in [2.05, 4.69) is 15.8 Å². The zero-order valence-corrected chi connectivity index (χ0v) is 18.8. The maximum absolute atomic E-state index is 11.9. The molecule has 32 heavy (non-hydrogen) atoms. The van der Waals surface area contributed by atoms with E-state index in [0.717, 1.165) is 16.7 Å². The van der Waals surface area contributed by atoms with Crippen molar-refractivity contribution in [3.8, 4) is 5.75 Å². The number of aryl methyl sites for hydroxylation is 1. The Hall–Kier alpha value is -3.35. The molecule has 0 aliphatic heterocycles. The van der Waals surface area contributed by atoms with E-state index in [0.29, 0.717) is 28.0 Å². The standard InChI is InChI=1S/C24H21Cl2N3O3/c1-16-2-4-17(5-3-16)13-27-23(30)24(31)29-28-14-19-8-11-22(21(26)12-19)32-15-18-6-9-20(25)10-7-18/h2-12,14H,13,15H2,1H3,(H,27,30)(H,29,31)/b28-14-. The van der Waals surface area contributed by atoms with Gasteiger partial charge < -0.3 is 10.1 Å². The van der Waals surface area contributed by atoms with Crippen LogP contribution in [0.2, 0.25) is 10.0 Å². The minimum Gasteiger partial charge on any atom is -0.487 e. The second kappa shape index (κ2) is 11.3. The fourth-order valence-electron chi connectivity index (χ4n) is 2.64. The average Bonchev–Trinajstić information content (AvgIpc) is 2.79. The molecule has 8 heteroatoms. The number of rotatable bonds is 7. The van der Waals surface area contributed by atoms with Crippen molar-refractivity contribution in [3.05, 3.63) is 99.0 Å². The highest BCUT2D eigenvalue weighted by Gasteiger charge is 2.12. The smallest absolute Gasteiger partial charge is 0.329 e. The molecule has 0 bridgehead atoms. The first-order chi connectivity index (χ1) is 15.4. The van der Waals surface area contributed by atoms with Gasteiger partial charge in [-0.3, -0.25) is 9.59 Å². The van der Waals surface area contributed by atoms with Crippen molar-refractivity contribution >= 4 is 41.2 Å². The van der Waals surface area contributed by atoms with E-state index in [-0.39, 0.29) is 6.54 Å². The van der Waals surface area contributed by atoms with Crippen molar-refractivity contribution in [1.29, 1.82) is 0 Å². The highest BCUT2D eigenvalue weighted by Crippen LogP contribution is 2.26. The first-order valence-electron chi connectivity index (χ1n) is 9.74. The summed E-state index contributed by atoms with van der Waals surface area (Å²) in [5.41, 5.74) is 5.80. The van der Waals surface area contributed by atoms with E-state index < -0.39 is 11.8 Å². The fraction of sp³-hybridized carbons (Fsp3) is 0.125. The van der Waals surface area contributed by atoms with E-state index >= 15 is 0 Å². The Kier molecular flexibility index (Phi) is 8.25. The van der Waals surface area contributed by atoms with Crippen LogP contribution in [0.3, 0.4) is 0 Å². The average molecular weight is 470 g/mol. The predicted molar refractivity (Wildman–Crippen MR) is 126 cm³/mol. The van der Waals surface area contributed by atoms with Crippen molar-refractivity contribution in [2.24, 2.45) is 5.10 Å². The Morgan fingerprint density at radius 2 is 1.62 bits per heavy atom. The summed E-state index contributed by atoms with van der Waals surface area (Å²) in [4.78, 5) is 23.8. The third kappa shape index (κ3) is 7.11. The van der Waals surface area contributed by atoms with Crippen molar-refractivity contribution in [2.75, 3.05) is 0 Å². The number of carbonyl (C=O) groups is 2. The van der Waals surface area contributed by atoms with Gasteiger partial charge in [-0.1, -0.05) is 65.2 Å². The Balaban J connectivity index is 1.47. The molecule has 0 atom stereocenters. The SMILES string of the molecule is Cc1ccc(CNC(=O)C(=O)N/N=C\c2ccc(OCc3ccc(Cl)cc3)c(Cl)c2)cc1. The molecule has 6 nitrogen and oxygen atoms in total. The van der Waals surface area contributed by atoms with Crippen LogP contribution in [0.15, 0.2) is 71.8 Å². The van der Waals surface area contributed by atoms with Gasteiger partial charge in [-0.25, -0.2) is 5.43 Å². The molecule has 3 aromatic carbocycles. The molecule has 164 valence electrons. The third-order valence-corrected chi connectivity index (χ3v) is 4.97. The molecule has 0 unspecified atom stereocenters. The molecule has 0 saturated heterocycles. The van der Waals surface area contributed by atoms with Gasteiger partial charge in [0.2, 0.25) is 0 Å². The van der Waals surface area contributed by atoms with Gasteiger partial charge in [-0.2, -0.15) is 5.10 Å². The Morgan fingerprint density at radius 1 is 0.938 bits per heavy atom. The van der Waals surface area contributed by atoms with Crippen LogP contribution in [-0.4, -0.2) is 18.0 Å². The van der Waals surface area contributed by atoms with Gasteiger partial charge in [0.25, 0.3) is 0 Å². The first kappa shape index (κ1) is 23.3. The zero-order chi connectivity index (χ0) is 22.9. The molecule has 0 fully saturated rings. The number of hydrogen-bond donors (Lipinski definition) is 2. The van der Waals surface area contributed by atoms with Crippen LogP contribution in [0, 0.1) is 6.92 Å². The van der Waals surface area contributed by atoms with Crippen LogP contribution >= 0.6 is 23.2 Å². The predicted octanol–water partition coefficient (Wildman–Crippen LogP) is 4.65. The van der Waals surface area contributed by atoms with E-state index in [1.54, 1.807) is 30.3 Å². The van der Waals surface area contributed by atoms with Gasteiger partial charge in [-0.05, 0) is 53.9 Å². The molecule has 0 saturated carbocycles. The van der Waals surface area contributed by atoms with Crippen LogP contribution < -0.4 is 15.5 Å². The molecule has 0 radical (unpaired) electrons. The molecular formula is C24H21Cl2N3O3. The third-order valence-electron chi connectivity index (χ3n) is 4.42. The number of hydrazone groups is 1. The summed E-state index contributed by atoms with van der Waals surface area (Å²) < 4.78 is 5.72. The number of halogens is 2. The summed E-state index contributed by atoms with van der Waals surface area (Å²) in [5.74, 6) is -1.12. The van der Waals surface area contributed by atoms with Crippen LogP contribution in [-0.2, 0) is 22.7 Å². The lowest BCUT2D eigenvalue weighted by Crippen LogP contribution is -2.37. The van der Waals surface area contributed by atoms with Crippen molar-refractivity contribution in [2.45, 2.75) is 20.1 Å². The quantitative estimate of drug-likeness (QED) is 0.300. The van der Waals surface area contributed by atoms with Crippen molar-refractivity contribution in [3.63, 3.8) is 0 Å². The molecule has 0 spiro atoms. The minimum absolute atomic E-state index is 0.253.